The van der Waals surface area contributed by atoms with Gasteiger partial charge in [0.05, 0.1) is 12.6 Å². The van der Waals surface area contributed by atoms with E-state index in [2.05, 4.69) is 5.32 Å². The van der Waals surface area contributed by atoms with Crippen molar-refractivity contribution in [3.8, 4) is 0 Å². The number of hydrogen-bond donors (Lipinski definition) is 1. The van der Waals surface area contributed by atoms with Crippen LogP contribution in [-0.4, -0.2) is 32.1 Å². The molecule has 1 aliphatic heterocycles. The third kappa shape index (κ3) is 2.29. The van der Waals surface area contributed by atoms with Crippen LogP contribution in [0.15, 0.2) is 0 Å². The van der Waals surface area contributed by atoms with E-state index in [0.717, 1.165) is 19.4 Å². The van der Waals surface area contributed by atoms with Crippen LogP contribution in [-0.2, 0) is 9.53 Å². The van der Waals surface area contributed by atoms with Crippen molar-refractivity contribution in [1.29, 1.82) is 0 Å². The zero-order chi connectivity index (χ0) is 8.97. The molecule has 0 aromatic rings. The molecule has 3 heteroatoms. The summed E-state index contributed by atoms with van der Waals surface area (Å²) in [7, 11) is 1.81. The summed E-state index contributed by atoms with van der Waals surface area (Å²) in [5.74, 6) is 0.415. The molecular weight excluding hydrogens is 154 g/mol. The molecule has 0 aromatic carbocycles. The van der Waals surface area contributed by atoms with Gasteiger partial charge in [0.15, 0.2) is 5.78 Å². The fourth-order valence-corrected chi connectivity index (χ4v) is 1.46. The van der Waals surface area contributed by atoms with Gasteiger partial charge in [-0.3, -0.25) is 4.79 Å². The lowest BCUT2D eigenvalue weighted by Gasteiger charge is -2.23. The van der Waals surface area contributed by atoms with E-state index in [9.17, 15) is 4.79 Å². The average molecular weight is 171 g/mol. The van der Waals surface area contributed by atoms with Crippen molar-refractivity contribution in [1.82, 2.24) is 5.32 Å². The van der Waals surface area contributed by atoms with Gasteiger partial charge in [0.1, 0.15) is 0 Å². The molecule has 12 heavy (non-hydrogen) atoms. The van der Waals surface area contributed by atoms with Gasteiger partial charge in [-0.05, 0) is 26.8 Å². The van der Waals surface area contributed by atoms with Gasteiger partial charge in [-0.25, -0.2) is 0 Å². The van der Waals surface area contributed by atoms with Gasteiger partial charge in [0, 0.05) is 12.5 Å². The van der Waals surface area contributed by atoms with Crippen LogP contribution in [0.25, 0.3) is 0 Å². The van der Waals surface area contributed by atoms with Crippen molar-refractivity contribution in [3.05, 3.63) is 0 Å². The number of carbonyl (C=O) groups is 1. The number of Topliss-reactive ketones (excluding diaryl/α,β-unsaturated/α-hetero) is 1. The lowest BCUT2D eigenvalue weighted by molar-refractivity contribution is -0.128. The Morgan fingerprint density at radius 2 is 2.42 bits per heavy atom. The number of rotatable bonds is 3. The first-order valence-electron chi connectivity index (χ1n) is 4.54. The van der Waals surface area contributed by atoms with E-state index in [1.165, 1.54) is 0 Å². The first kappa shape index (κ1) is 9.68. The molecule has 2 atom stereocenters. The Bertz CT molecular complexity index is 153. The van der Waals surface area contributed by atoms with Gasteiger partial charge in [-0.2, -0.15) is 0 Å². The molecule has 0 spiro atoms. The number of carbonyl (C=O) groups excluding carboxylic acids is 1. The van der Waals surface area contributed by atoms with Gasteiger partial charge in [-0.15, -0.1) is 0 Å². The Morgan fingerprint density at radius 3 is 2.92 bits per heavy atom. The minimum absolute atomic E-state index is 0.0308. The maximum absolute atomic E-state index is 11.6. The Morgan fingerprint density at radius 1 is 1.67 bits per heavy atom. The number of nitrogens with one attached hydrogen (secondary N) is 1. The van der Waals surface area contributed by atoms with Gasteiger partial charge >= 0.3 is 0 Å². The number of hydrogen-bond acceptors (Lipinski definition) is 3. The van der Waals surface area contributed by atoms with E-state index in [1.807, 2.05) is 14.0 Å². The van der Waals surface area contributed by atoms with Crippen molar-refractivity contribution < 1.29 is 9.53 Å². The van der Waals surface area contributed by atoms with E-state index in [1.54, 1.807) is 0 Å². The van der Waals surface area contributed by atoms with E-state index in [0.29, 0.717) is 6.61 Å². The van der Waals surface area contributed by atoms with E-state index in [4.69, 9.17) is 4.74 Å². The summed E-state index contributed by atoms with van der Waals surface area (Å²) in [4.78, 5) is 11.6. The van der Waals surface area contributed by atoms with Crippen LogP contribution in [0.1, 0.15) is 19.8 Å². The van der Waals surface area contributed by atoms with Crippen molar-refractivity contribution in [2.24, 2.45) is 5.92 Å². The predicted octanol–water partition coefficient (Wildman–Crippen LogP) is 0.590. The second-order valence-electron chi connectivity index (χ2n) is 3.33. The summed E-state index contributed by atoms with van der Waals surface area (Å²) in [6.45, 7) is 3.33. The number of ether oxygens (including phenoxy) is 1. The lowest BCUT2D eigenvalue weighted by Crippen LogP contribution is -2.38. The molecule has 1 saturated heterocycles. The van der Waals surface area contributed by atoms with E-state index in [-0.39, 0.29) is 17.7 Å². The maximum Gasteiger partial charge on any atom is 0.154 e. The van der Waals surface area contributed by atoms with Gasteiger partial charge in [0.25, 0.3) is 0 Å². The van der Waals surface area contributed by atoms with Crippen molar-refractivity contribution in [2.75, 3.05) is 20.3 Å². The van der Waals surface area contributed by atoms with Gasteiger partial charge < -0.3 is 10.1 Å². The molecule has 1 heterocycles. The molecule has 3 nitrogen and oxygen atoms in total. The largest absolute Gasteiger partial charge is 0.381 e. The second-order valence-corrected chi connectivity index (χ2v) is 3.33. The molecule has 1 aliphatic rings. The van der Waals surface area contributed by atoms with Crippen LogP contribution in [0.5, 0.6) is 0 Å². The molecule has 1 rings (SSSR count). The molecule has 0 radical (unpaired) electrons. The topological polar surface area (TPSA) is 38.3 Å². The Labute approximate surface area is 73.5 Å². The van der Waals surface area contributed by atoms with Crippen LogP contribution in [0.3, 0.4) is 0 Å². The monoisotopic (exact) mass is 171 g/mol. The summed E-state index contributed by atoms with van der Waals surface area (Å²) in [6, 6.07) is -0.0308. The van der Waals surface area contributed by atoms with Crippen LogP contribution >= 0.6 is 0 Å². The maximum atomic E-state index is 11.6. The molecule has 0 aromatic heterocycles. The highest BCUT2D eigenvalue weighted by molar-refractivity contribution is 5.86. The second kappa shape index (κ2) is 4.58. The molecule has 0 aliphatic carbocycles. The highest BCUT2D eigenvalue weighted by Crippen LogP contribution is 2.15. The van der Waals surface area contributed by atoms with Crippen LogP contribution in [0.4, 0.5) is 0 Å². The molecular formula is C9H17NO2. The Balaban J connectivity index is 2.39. The van der Waals surface area contributed by atoms with Crippen LogP contribution in [0.2, 0.25) is 0 Å². The number of ketones is 1. The fourth-order valence-electron chi connectivity index (χ4n) is 1.46. The zero-order valence-corrected chi connectivity index (χ0v) is 7.80. The predicted molar refractivity (Wildman–Crippen MR) is 47.1 cm³/mol. The summed E-state index contributed by atoms with van der Waals surface area (Å²) < 4.78 is 5.25. The van der Waals surface area contributed by atoms with E-state index >= 15 is 0 Å². The Hall–Kier alpha value is -0.410. The third-order valence-corrected chi connectivity index (χ3v) is 2.42. The summed E-state index contributed by atoms with van der Waals surface area (Å²) in [5, 5.41) is 2.96. The molecule has 0 bridgehead atoms. The molecule has 0 saturated carbocycles. The zero-order valence-electron chi connectivity index (χ0n) is 7.80. The van der Waals surface area contributed by atoms with Gasteiger partial charge in [0.2, 0.25) is 0 Å². The summed E-state index contributed by atoms with van der Waals surface area (Å²) in [6.07, 6.45) is 2.01. The molecule has 1 N–H and O–H groups in total. The smallest absolute Gasteiger partial charge is 0.154 e. The van der Waals surface area contributed by atoms with Crippen LogP contribution in [0, 0.1) is 5.92 Å². The standard InChI is InChI=1S/C9H17NO2/c1-7(10-2)9(11)8-4-3-5-12-6-8/h7-8,10H,3-6H2,1-2H3. The minimum atomic E-state index is -0.0308. The quantitative estimate of drug-likeness (QED) is 0.675. The lowest BCUT2D eigenvalue weighted by atomic mass is 9.93. The van der Waals surface area contributed by atoms with Crippen molar-refractivity contribution in [2.45, 2.75) is 25.8 Å². The van der Waals surface area contributed by atoms with E-state index < -0.39 is 0 Å². The van der Waals surface area contributed by atoms with Crippen molar-refractivity contribution in [3.63, 3.8) is 0 Å². The SMILES string of the molecule is CNC(C)C(=O)C1CCCOC1. The minimum Gasteiger partial charge on any atom is -0.381 e. The normalized spacial score (nSPS) is 26.7. The highest BCUT2D eigenvalue weighted by atomic mass is 16.5. The summed E-state index contributed by atoms with van der Waals surface area (Å²) in [5.41, 5.74) is 0. The molecule has 0 amide bonds. The number of likely N-dealkylation sites (N-methyl/N-ethyl adjacent to an activating group) is 1. The molecule has 70 valence electrons. The van der Waals surface area contributed by atoms with Crippen molar-refractivity contribution >= 4 is 5.78 Å². The van der Waals surface area contributed by atoms with Gasteiger partial charge in [-0.1, -0.05) is 0 Å². The summed E-state index contributed by atoms with van der Waals surface area (Å²) >= 11 is 0. The highest BCUT2D eigenvalue weighted by Gasteiger charge is 2.24. The molecule has 2 unspecified atom stereocenters. The van der Waals surface area contributed by atoms with Crippen LogP contribution < -0.4 is 5.32 Å². The Kier molecular flexibility index (Phi) is 3.69. The average Bonchev–Trinajstić information content (AvgIpc) is 2.17. The molecule has 1 fully saturated rings. The first-order chi connectivity index (χ1) is 5.75. The first-order valence-corrected chi connectivity index (χ1v) is 4.54. The fraction of sp³-hybridized carbons (Fsp3) is 0.889. The third-order valence-electron chi connectivity index (χ3n) is 2.42.